The lowest BCUT2D eigenvalue weighted by atomic mass is 10.3. The summed E-state index contributed by atoms with van der Waals surface area (Å²) >= 11 is 11.5. The molecule has 0 radical (unpaired) electrons. The number of hydrogen-bond donors (Lipinski definition) is 2. The summed E-state index contributed by atoms with van der Waals surface area (Å²) < 4.78 is 0. The number of benzene rings is 1. The van der Waals surface area contributed by atoms with Crippen molar-refractivity contribution in [3.8, 4) is 0 Å². The molecule has 0 aliphatic rings. The van der Waals surface area contributed by atoms with Crippen LogP contribution in [0.2, 0.25) is 10.0 Å². The zero-order valence-electron chi connectivity index (χ0n) is 8.70. The molecule has 0 aromatic heterocycles. The summed E-state index contributed by atoms with van der Waals surface area (Å²) in [6.07, 6.45) is 0. The molecule has 7 heteroatoms. The van der Waals surface area contributed by atoms with Gasteiger partial charge in [0.2, 0.25) is 5.70 Å². The van der Waals surface area contributed by atoms with Gasteiger partial charge in [-0.15, -0.1) is 4.91 Å². The van der Waals surface area contributed by atoms with Crippen LogP contribution in [0.4, 0.5) is 5.69 Å². The Hall–Kier alpha value is -1.59. The monoisotopic (exact) mass is 274 g/mol. The number of carbonyl (C=O) groups excluding carboxylic acids is 1. The van der Waals surface area contributed by atoms with Crippen molar-refractivity contribution in [1.82, 2.24) is 0 Å². The standard InChI is InChI=1S/C10H8Cl2N2O3/c1-5(15)9(14-17)10(16)13-8-3-2-6(11)4-7(8)12/h2-4,15H,1H3,(H,13,16)/b9-5+. The lowest BCUT2D eigenvalue weighted by molar-refractivity contribution is -0.113. The number of aliphatic hydroxyl groups excluding tert-OH is 1. The average molecular weight is 275 g/mol. The molecule has 1 rings (SSSR count). The van der Waals surface area contributed by atoms with Crippen molar-refractivity contribution in [3.63, 3.8) is 0 Å². The van der Waals surface area contributed by atoms with E-state index in [2.05, 4.69) is 10.5 Å². The molecule has 0 saturated heterocycles. The van der Waals surface area contributed by atoms with Gasteiger partial charge in [0, 0.05) is 5.02 Å². The van der Waals surface area contributed by atoms with Gasteiger partial charge in [-0.2, -0.15) is 0 Å². The number of rotatable bonds is 3. The number of nitrogens with zero attached hydrogens (tertiary/aromatic N) is 1. The average Bonchev–Trinajstić information content (AvgIpc) is 2.22. The molecule has 0 spiro atoms. The van der Waals surface area contributed by atoms with Crippen LogP contribution in [0, 0.1) is 4.91 Å². The number of anilines is 1. The molecular formula is C10H8Cl2N2O3. The minimum absolute atomic E-state index is 0.215. The molecule has 90 valence electrons. The van der Waals surface area contributed by atoms with Crippen LogP contribution in [0.1, 0.15) is 6.92 Å². The highest BCUT2D eigenvalue weighted by molar-refractivity contribution is 6.36. The Morgan fingerprint density at radius 1 is 1.41 bits per heavy atom. The normalized spacial score (nSPS) is 11.7. The lowest BCUT2D eigenvalue weighted by Gasteiger charge is -2.06. The first-order valence-electron chi connectivity index (χ1n) is 4.45. The van der Waals surface area contributed by atoms with E-state index in [1.165, 1.54) is 25.1 Å². The van der Waals surface area contributed by atoms with Gasteiger partial charge in [-0.3, -0.25) is 4.79 Å². The van der Waals surface area contributed by atoms with Gasteiger partial charge in [-0.1, -0.05) is 23.2 Å². The van der Waals surface area contributed by atoms with Crippen molar-refractivity contribution in [2.45, 2.75) is 6.92 Å². The zero-order chi connectivity index (χ0) is 13.0. The quantitative estimate of drug-likeness (QED) is 0.503. The molecule has 0 atom stereocenters. The summed E-state index contributed by atoms with van der Waals surface area (Å²) in [6, 6.07) is 4.42. The molecule has 0 saturated carbocycles. The Kier molecular flexibility index (Phi) is 4.48. The van der Waals surface area contributed by atoms with E-state index in [9.17, 15) is 9.70 Å². The maximum Gasteiger partial charge on any atom is 0.281 e. The molecule has 0 heterocycles. The SMILES string of the molecule is C/C(O)=C(\N=O)C(=O)Nc1ccc(Cl)cc1Cl. The van der Waals surface area contributed by atoms with E-state index in [0.29, 0.717) is 5.02 Å². The predicted molar refractivity (Wildman–Crippen MR) is 66.2 cm³/mol. The largest absolute Gasteiger partial charge is 0.510 e. The minimum atomic E-state index is -0.843. The Morgan fingerprint density at radius 2 is 2.06 bits per heavy atom. The van der Waals surface area contributed by atoms with E-state index in [4.69, 9.17) is 28.3 Å². The van der Waals surface area contributed by atoms with E-state index in [0.717, 1.165) is 0 Å². The van der Waals surface area contributed by atoms with Crippen LogP contribution in [-0.2, 0) is 4.79 Å². The van der Waals surface area contributed by atoms with Crippen molar-refractivity contribution in [3.05, 3.63) is 44.6 Å². The van der Waals surface area contributed by atoms with Crippen molar-refractivity contribution >= 4 is 34.8 Å². The number of amides is 1. The summed E-state index contributed by atoms with van der Waals surface area (Å²) in [7, 11) is 0. The zero-order valence-corrected chi connectivity index (χ0v) is 10.2. The van der Waals surface area contributed by atoms with Crippen LogP contribution in [0.5, 0.6) is 0 Å². The summed E-state index contributed by atoms with van der Waals surface area (Å²) in [4.78, 5) is 21.8. The van der Waals surface area contributed by atoms with Gasteiger partial charge in [-0.25, -0.2) is 0 Å². The van der Waals surface area contributed by atoms with Gasteiger partial charge in [-0.05, 0) is 30.3 Å². The fourth-order valence-corrected chi connectivity index (χ4v) is 1.50. The fraction of sp³-hybridized carbons (Fsp3) is 0.100. The van der Waals surface area contributed by atoms with E-state index in [1.54, 1.807) is 0 Å². The van der Waals surface area contributed by atoms with Gasteiger partial charge in [0.05, 0.1) is 10.7 Å². The van der Waals surface area contributed by atoms with Crippen molar-refractivity contribution in [1.29, 1.82) is 0 Å². The van der Waals surface area contributed by atoms with Gasteiger partial charge >= 0.3 is 0 Å². The fourth-order valence-electron chi connectivity index (χ4n) is 1.04. The van der Waals surface area contributed by atoms with E-state index in [1.807, 2.05) is 0 Å². The molecule has 5 nitrogen and oxygen atoms in total. The van der Waals surface area contributed by atoms with Crippen LogP contribution < -0.4 is 5.32 Å². The molecule has 0 unspecified atom stereocenters. The molecule has 2 N–H and O–H groups in total. The smallest absolute Gasteiger partial charge is 0.281 e. The maximum absolute atomic E-state index is 11.5. The third kappa shape index (κ3) is 3.44. The molecule has 17 heavy (non-hydrogen) atoms. The second kappa shape index (κ2) is 5.65. The first-order chi connectivity index (χ1) is 7.95. The third-order valence-corrected chi connectivity index (χ3v) is 2.38. The van der Waals surface area contributed by atoms with Crippen molar-refractivity contribution in [2.75, 3.05) is 5.32 Å². The van der Waals surface area contributed by atoms with Crippen molar-refractivity contribution in [2.24, 2.45) is 5.18 Å². The Balaban J connectivity index is 2.96. The van der Waals surface area contributed by atoms with Crippen molar-refractivity contribution < 1.29 is 9.90 Å². The Morgan fingerprint density at radius 3 is 2.53 bits per heavy atom. The second-order valence-corrected chi connectivity index (χ2v) is 3.95. The number of allylic oxidation sites excluding steroid dienone is 1. The summed E-state index contributed by atoms with van der Waals surface area (Å²) in [5.41, 5.74) is -0.334. The molecule has 1 aromatic carbocycles. The number of hydrogen-bond acceptors (Lipinski definition) is 4. The van der Waals surface area contributed by atoms with E-state index < -0.39 is 17.4 Å². The minimum Gasteiger partial charge on any atom is -0.510 e. The van der Waals surface area contributed by atoms with Crippen LogP contribution in [0.25, 0.3) is 0 Å². The molecule has 0 bridgehead atoms. The highest BCUT2D eigenvalue weighted by Crippen LogP contribution is 2.25. The Labute approximate surface area is 107 Å². The van der Waals surface area contributed by atoms with Gasteiger partial charge in [0.25, 0.3) is 5.91 Å². The molecule has 0 fully saturated rings. The van der Waals surface area contributed by atoms with Crippen LogP contribution in [0.15, 0.2) is 34.8 Å². The van der Waals surface area contributed by atoms with Gasteiger partial charge in [0.1, 0.15) is 5.76 Å². The highest BCUT2D eigenvalue weighted by Gasteiger charge is 2.15. The Bertz CT molecular complexity index is 496. The summed E-state index contributed by atoms with van der Waals surface area (Å²) in [5, 5.41) is 14.4. The summed E-state index contributed by atoms with van der Waals surface area (Å²) in [6.45, 7) is 1.18. The number of aliphatic hydroxyl groups is 1. The predicted octanol–water partition coefficient (Wildman–Crippen LogP) is 3.49. The topological polar surface area (TPSA) is 78.8 Å². The maximum atomic E-state index is 11.5. The highest BCUT2D eigenvalue weighted by atomic mass is 35.5. The molecule has 1 amide bonds. The van der Waals surface area contributed by atoms with Gasteiger partial charge < -0.3 is 10.4 Å². The first kappa shape index (κ1) is 13.5. The molecular weight excluding hydrogens is 267 g/mol. The van der Waals surface area contributed by atoms with E-state index >= 15 is 0 Å². The van der Waals surface area contributed by atoms with E-state index in [-0.39, 0.29) is 10.7 Å². The van der Waals surface area contributed by atoms with Crippen LogP contribution in [0.3, 0.4) is 0 Å². The number of nitrogens with one attached hydrogen (secondary N) is 1. The summed E-state index contributed by atoms with van der Waals surface area (Å²) in [5.74, 6) is -1.31. The molecule has 1 aromatic rings. The van der Waals surface area contributed by atoms with Crippen LogP contribution >= 0.6 is 23.2 Å². The number of halogens is 2. The third-order valence-electron chi connectivity index (χ3n) is 1.83. The molecule has 0 aliphatic carbocycles. The van der Waals surface area contributed by atoms with Gasteiger partial charge in [0.15, 0.2) is 0 Å². The second-order valence-electron chi connectivity index (χ2n) is 3.10. The van der Waals surface area contributed by atoms with Crippen LogP contribution in [-0.4, -0.2) is 11.0 Å². The molecule has 0 aliphatic heterocycles. The number of nitroso groups, excluding NO2 is 1. The lowest BCUT2D eigenvalue weighted by Crippen LogP contribution is -2.14. The first-order valence-corrected chi connectivity index (χ1v) is 5.21. The number of carbonyl (C=O) groups is 1.